The summed E-state index contributed by atoms with van der Waals surface area (Å²) in [6.45, 7) is 2.15. The second-order valence-electron chi connectivity index (χ2n) is 5.87. The molecule has 1 N–H and O–H groups in total. The quantitative estimate of drug-likeness (QED) is 0.322. The standard InChI is InChI=1S/C19H16FN5O3S2/c1-2-28-24-18(26)14-10-29-16(21-14)11-30-19-23-22-17(15-4-3-9-27-15)25(19)13-7-5-12(20)6-8-13/h3-10H,2,11H2,1H3,(H,24,26). The molecule has 1 amide bonds. The summed E-state index contributed by atoms with van der Waals surface area (Å²) in [4.78, 5) is 21.2. The van der Waals surface area contributed by atoms with Gasteiger partial charge in [-0.05, 0) is 43.3 Å². The number of benzene rings is 1. The van der Waals surface area contributed by atoms with E-state index in [0.717, 1.165) is 5.01 Å². The molecule has 4 rings (SSSR count). The molecule has 0 saturated heterocycles. The molecule has 8 nitrogen and oxygen atoms in total. The number of aromatic nitrogens is 4. The zero-order chi connectivity index (χ0) is 20.9. The molecule has 0 fully saturated rings. The number of hydrogen-bond donors (Lipinski definition) is 1. The number of hydroxylamine groups is 1. The van der Waals surface area contributed by atoms with Gasteiger partial charge >= 0.3 is 0 Å². The third-order valence-electron chi connectivity index (χ3n) is 3.88. The number of carbonyl (C=O) groups excluding carboxylic acids is 1. The van der Waals surface area contributed by atoms with Crippen LogP contribution in [0.1, 0.15) is 22.4 Å². The van der Waals surface area contributed by atoms with Crippen molar-refractivity contribution in [3.8, 4) is 17.3 Å². The van der Waals surface area contributed by atoms with Gasteiger partial charge < -0.3 is 4.42 Å². The number of hydrogen-bond acceptors (Lipinski definition) is 8. The smallest absolute Gasteiger partial charge is 0.294 e. The van der Waals surface area contributed by atoms with Crippen molar-refractivity contribution in [2.24, 2.45) is 0 Å². The minimum Gasteiger partial charge on any atom is -0.461 e. The van der Waals surface area contributed by atoms with Crippen LogP contribution in [0.15, 0.2) is 57.6 Å². The summed E-state index contributed by atoms with van der Waals surface area (Å²) >= 11 is 2.76. The van der Waals surface area contributed by atoms with Crippen LogP contribution in [0.3, 0.4) is 0 Å². The van der Waals surface area contributed by atoms with Gasteiger partial charge in [-0.25, -0.2) is 14.9 Å². The average Bonchev–Trinajstić information content (AvgIpc) is 3.51. The lowest BCUT2D eigenvalue weighted by atomic mass is 10.3. The summed E-state index contributed by atoms with van der Waals surface area (Å²) in [5, 5.41) is 11.5. The Morgan fingerprint density at radius 2 is 2.13 bits per heavy atom. The maximum absolute atomic E-state index is 13.4. The zero-order valence-electron chi connectivity index (χ0n) is 15.7. The highest BCUT2D eigenvalue weighted by molar-refractivity contribution is 7.98. The molecule has 3 aromatic heterocycles. The van der Waals surface area contributed by atoms with Crippen LogP contribution in [0, 0.1) is 5.82 Å². The molecule has 154 valence electrons. The van der Waals surface area contributed by atoms with Crippen molar-refractivity contribution in [1.82, 2.24) is 25.2 Å². The van der Waals surface area contributed by atoms with Gasteiger partial charge in [-0.2, -0.15) is 0 Å². The molecule has 0 atom stereocenters. The number of carbonyl (C=O) groups is 1. The number of rotatable bonds is 8. The third-order valence-corrected chi connectivity index (χ3v) is 5.85. The lowest BCUT2D eigenvalue weighted by Gasteiger charge is -2.08. The Balaban J connectivity index is 1.57. The van der Waals surface area contributed by atoms with Crippen LogP contribution in [0.25, 0.3) is 17.3 Å². The second kappa shape index (κ2) is 9.20. The fourth-order valence-corrected chi connectivity index (χ4v) is 4.29. The maximum atomic E-state index is 13.4. The lowest BCUT2D eigenvalue weighted by Crippen LogP contribution is -2.23. The fraction of sp³-hybridized carbons (Fsp3) is 0.158. The zero-order valence-corrected chi connectivity index (χ0v) is 17.4. The van der Waals surface area contributed by atoms with Crippen molar-refractivity contribution in [2.45, 2.75) is 17.8 Å². The third kappa shape index (κ3) is 4.42. The predicted octanol–water partition coefficient (Wildman–Crippen LogP) is 4.10. The first kappa shape index (κ1) is 20.3. The predicted molar refractivity (Wildman–Crippen MR) is 110 cm³/mol. The van der Waals surface area contributed by atoms with E-state index >= 15 is 0 Å². The van der Waals surface area contributed by atoms with Crippen molar-refractivity contribution in [3.05, 3.63) is 64.6 Å². The highest BCUT2D eigenvalue weighted by atomic mass is 32.2. The molecule has 0 spiro atoms. The van der Waals surface area contributed by atoms with Gasteiger partial charge in [0, 0.05) is 5.38 Å². The molecule has 0 radical (unpaired) electrons. The van der Waals surface area contributed by atoms with Crippen LogP contribution in [0.4, 0.5) is 4.39 Å². The summed E-state index contributed by atoms with van der Waals surface area (Å²) in [5.41, 5.74) is 3.31. The van der Waals surface area contributed by atoms with Crippen LogP contribution in [-0.4, -0.2) is 32.3 Å². The maximum Gasteiger partial charge on any atom is 0.294 e. The van der Waals surface area contributed by atoms with Gasteiger partial charge in [-0.3, -0.25) is 14.2 Å². The Morgan fingerprint density at radius 1 is 1.30 bits per heavy atom. The highest BCUT2D eigenvalue weighted by Crippen LogP contribution is 2.30. The Labute approximate surface area is 179 Å². The first-order valence-corrected chi connectivity index (χ1v) is 10.8. The topological polar surface area (TPSA) is 95.1 Å². The van der Waals surface area contributed by atoms with Crippen LogP contribution >= 0.6 is 23.1 Å². The largest absolute Gasteiger partial charge is 0.461 e. The number of amides is 1. The van der Waals surface area contributed by atoms with E-state index in [4.69, 9.17) is 9.25 Å². The van der Waals surface area contributed by atoms with Crippen molar-refractivity contribution >= 4 is 29.0 Å². The van der Waals surface area contributed by atoms with Gasteiger partial charge in [-0.1, -0.05) is 11.8 Å². The normalized spacial score (nSPS) is 11.0. The molecule has 3 heterocycles. The molecule has 1 aromatic carbocycles. The molecule has 0 saturated carbocycles. The molecule has 0 aliphatic rings. The van der Waals surface area contributed by atoms with Crippen LogP contribution in [0.2, 0.25) is 0 Å². The SMILES string of the molecule is CCONC(=O)c1csc(CSc2nnc(-c3ccco3)n2-c2ccc(F)cc2)n1. The molecule has 4 aromatic rings. The summed E-state index contributed by atoms with van der Waals surface area (Å²) in [5.74, 6) is 0.803. The molecule has 11 heteroatoms. The van der Waals surface area contributed by atoms with Crippen molar-refractivity contribution in [1.29, 1.82) is 0 Å². The van der Waals surface area contributed by atoms with Gasteiger partial charge in [0.05, 0.1) is 24.3 Å². The van der Waals surface area contributed by atoms with Crippen LogP contribution < -0.4 is 5.48 Å². The van der Waals surface area contributed by atoms with Crippen LogP contribution in [-0.2, 0) is 10.6 Å². The molecular formula is C19H16FN5O3S2. The Bertz CT molecular complexity index is 1130. The van der Waals surface area contributed by atoms with E-state index in [-0.39, 0.29) is 11.7 Å². The van der Waals surface area contributed by atoms with Crippen molar-refractivity contribution < 1.29 is 18.4 Å². The molecule has 0 bridgehead atoms. The second-order valence-corrected chi connectivity index (χ2v) is 7.76. The van der Waals surface area contributed by atoms with Gasteiger partial charge in [0.2, 0.25) is 5.82 Å². The molecule has 0 unspecified atom stereocenters. The molecule has 0 aliphatic carbocycles. The first-order chi connectivity index (χ1) is 14.7. The Kier molecular flexibility index (Phi) is 6.21. The molecule has 0 aliphatic heterocycles. The number of halogens is 1. The fourth-order valence-electron chi connectivity index (χ4n) is 2.55. The summed E-state index contributed by atoms with van der Waals surface area (Å²) < 4.78 is 20.7. The summed E-state index contributed by atoms with van der Waals surface area (Å²) in [6, 6.07) is 9.59. The van der Waals surface area contributed by atoms with E-state index in [1.807, 2.05) is 0 Å². The van der Waals surface area contributed by atoms with Crippen molar-refractivity contribution in [3.63, 3.8) is 0 Å². The summed E-state index contributed by atoms with van der Waals surface area (Å²) in [6.07, 6.45) is 1.55. The highest BCUT2D eigenvalue weighted by Gasteiger charge is 2.19. The summed E-state index contributed by atoms with van der Waals surface area (Å²) in [7, 11) is 0. The monoisotopic (exact) mass is 445 g/mol. The number of nitrogens with zero attached hydrogens (tertiary/aromatic N) is 4. The molecular weight excluding hydrogens is 429 g/mol. The number of thiazole rings is 1. The number of thioether (sulfide) groups is 1. The Hall–Kier alpha value is -3.02. The van der Waals surface area contributed by atoms with Gasteiger partial charge in [0.25, 0.3) is 5.91 Å². The average molecular weight is 446 g/mol. The van der Waals surface area contributed by atoms with E-state index in [0.29, 0.717) is 40.5 Å². The van der Waals surface area contributed by atoms with Crippen LogP contribution in [0.5, 0.6) is 0 Å². The van der Waals surface area contributed by atoms with E-state index < -0.39 is 0 Å². The number of nitrogens with one attached hydrogen (secondary N) is 1. The van der Waals surface area contributed by atoms with Crippen molar-refractivity contribution in [2.75, 3.05) is 6.61 Å². The first-order valence-electron chi connectivity index (χ1n) is 8.90. The Morgan fingerprint density at radius 3 is 2.87 bits per heavy atom. The lowest BCUT2D eigenvalue weighted by molar-refractivity contribution is 0.0360. The molecule has 30 heavy (non-hydrogen) atoms. The van der Waals surface area contributed by atoms with Gasteiger partial charge in [-0.15, -0.1) is 21.5 Å². The number of furan rings is 1. The minimum absolute atomic E-state index is 0.292. The van der Waals surface area contributed by atoms with Gasteiger partial charge in [0.1, 0.15) is 16.5 Å². The minimum atomic E-state index is -0.390. The van der Waals surface area contributed by atoms with E-state index in [2.05, 4.69) is 20.7 Å². The van der Waals surface area contributed by atoms with E-state index in [1.165, 1.54) is 35.2 Å². The van der Waals surface area contributed by atoms with E-state index in [1.54, 1.807) is 47.4 Å². The van der Waals surface area contributed by atoms with Gasteiger partial charge in [0.15, 0.2) is 10.9 Å². The van der Waals surface area contributed by atoms with E-state index in [9.17, 15) is 9.18 Å².